The number of anilines is 1. The Balaban J connectivity index is 2.16. The fourth-order valence-corrected chi connectivity index (χ4v) is 1.96. The fraction of sp³-hybridized carbons (Fsp3) is 0.0714. The first-order valence-electron chi connectivity index (χ1n) is 5.65. The van der Waals surface area contributed by atoms with E-state index >= 15 is 0 Å². The van der Waals surface area contributed by atoms with E-state index in [0.29, 0.717) is 5.69 Å². The first kappa shape index (κ1) is 10.7. The van der Waals surface area contributed by atoms with Crippen molar-refractivity contribution >= 4 is 11.3 Å². The molecule has 4 heteroatoms. The summed E-state index contributed by atoms with van der Waals surface area (Å²) in [5, 5.41) is 0. The minimum absolute atomic E-state index is 0.673. The maximum atomic E-state index is 5.90. The molecule has 0 atom stereocenters. The van der Waals surface area contributed by atoms with E-state index in [2.05, 4.69) is 4.98 Å². The van der Waals surface area contributed by atoms with Gasteiger partial charge in [-0.05, 0) is 24.3 Å². The molecule has 3 rings (SSSR count). The van der Waals surface area contributed by atoms with Crippen LogP contribution in [0.5, 0.6) is 5.75 Å². The lowest BCUT2D eigenvalue weighted by atomic mass is 10.1. The molecule has 2 heterocycles. The number of pyridine rings is 1. The lowest BCUT2D eigenvalue weighted by Gasteiger charge is -2.00. The first-order chi connectivity index (χ1) is 8.78. The monoisotopic (exact) mass is 239 g/mol. The van der Waals surface area contributed by atoms with Crippen molar-refractivity contribution in [1.29, 1.82) is 0 Å². The largest absolute Gasteiger partial charge is 0.497 e. The topological polar surface area (TPSA) is 52.5 Å². The van der Waals surface area contributed by atoms with Crippen molar-refractivity contribution in [2.45, 2.75) is 0 Å². The second-order valence-electron chi connectivity index (χ2n) is 4.05. The molecular formula is C14H13N3O. The van der Waals surface area contributed by atoms with Crippen LogP contribution in [-0.4, -0.2) is 16.5 Å². The van der Waals surface area contributed by atoms with Gasteiger partial charge in [0.2, 0.25) is 0 Å². The van der Waals surface area contributed by atoms with Gasteiger partial charge in [0, 0.05) is 18.0 Å². The molecule has 90 valence electrons. The molecule has 2 aromatic heterocycles. The van der Waals surface area contributed by atoms with Gasteiger partial charge in [-0.3, -0.25) is 0 Å². The third-order valence-electron chi connectivity index (χ3n) is 2.88. The molecule has 0 amide bonds. The van der Waals surface area contributed by atoms with Crippen LogP contribution in [0.3, 0.4) is 0 Å². The number of nitrogens with two attached hydrogens (primary N) is 1. The van der Waals surface area contributed by atoms with Crippen molar-refractivity contribution in [2.24, 2.45) is 0 Å². The standard InChI is InChI=1S/C14H13N3O/c1-18-11-5-2-4-10(8-11)13-9-17-7-3-6-12(15)14(17)16-13/h2-9H,15H2,1H3. The zero-order chi connectivity index (χ0) is 12.5. The molecule has 18 heavy (non-hydrogen) atoms. The van der Waals surface area contributed by atoms with Gasteiger partial charge < -0.3 is 14.9 Å². The first-order valence-corrected chi connectivity index (χ1v) is 5.65. The van der Waals surface area contributed by atoms with Gasteiger partial charge in [0.25, 0.3) is 0 Å². The highest BCUT2D eigenvalue weighted by Gasteiger charge is 2.06. The van der Waals surface area contributed by atoms with Crippen LogP contribution in [0.1, 0.15) is 0 Å². The summed E-state index contributed by atoms with van der Waals surface area (Å²) in [4.78, 5) is 4.54. The summed E-state index contributed by atoms with van der Waals surface area (Å²) in [6.45, 7) is 0. The van der Waals surface area contributed by atoms with Crippen molar-refractivity contribution in [3.63, 3.8) is 0 Å². The minimum atomic E-state index is 0.673. The van der Waals surface area contributed by atoms with E-state index < -0.39 is 0 Å². The average Bonchev–Trinajstić information content (AvgIpc) is 2.84. The van der Waals surface area contributed by atoms with Crippen LogP contribution >= 0.6 is 0 Å². The second-order valence-corrected chi connectivity index (χ2v) is 4.05. The summed E-state index contributed by atoms with van der Waals surface area (Å²) in [7, 11) is 1.65. The Morgan fingerprint density at radius 3 is 2.89 bits per heavy atom. The van der Waals surface area contributed by atoms with E-state index in [9.17, 15) is 0 Å². The van der Waals surface area contributed by atoms with Gasteiger partial charge >= 0.3 is 0 Å². The molecule has 2 N–H and O–H groups in total. The molecule has 0 aliphatic rings. The lowest BCUT2D eigenvalue weighted by Crippen LogP contribution is -1.90. The maximum Gasteiger partial charge on any atom is 0.160 e. The molecule has 3 aromatic rings. The molecule has 0 unspecified atom stereocenters. The van der Waals surface area contributed by atoms with E-state index in [1.165, 1.54) is 0 Å². The number of nitrogen functional groups attached to an aromatic ring is 1. The van der Waals surface area contributed by atoms with Crippen LogP contribution in [0.4, 0.5) is 5.69 Å². The van der Waals surface area contributed by atoms with E-state index in [0.717, 1.165) is 22.7 Å². The van der Waals surface area contributed by atoms with Gasteiger partial charge in [0.1, 0.15) is 5.75 Å². The minimum Gasteiger partial charge on any atom is -0.497 e. The van der Waals surface area contributed by atoms with E-state index in [4.69, 9.17) is 10.5 Å². The summed E-state index contributed by atoms with van der Waals surface area (Å²) >= 11 is 0. The summed E-state index contributed by atoms with van der Waals surface area (Å²) in [6.07, 6.45) is 3.89. The summed E-state index contributed by atoms with van der Waals surface area (Å²) in [5.41, 5.74) is 9.23. The number of rotatable bonds is 2. The number of hydrogen-bond acceptors (Lipinski definition) is 3. The Morgan fingerprint density at radius 1 is 1.22 bits per heavy atom. The van der Waals surface area contributed by atoms with Gasteiger partial charge in [-0.25, -0.2) is 4.98 Å². The molecule has 0 bridgehead atoms. The predicted molar refractivity (Wildman–Crippen MR) is 71.6 cm³/mol. The SMILES string of the molecule is COc1cccc(-c2cn3cccc(N)c3n2)c1. The molecular weight excluding hydrogens is 226 g/mol. The Hall–Kier alpha value is -2.49. The van der Waals surface area contributed by atoms with Crippen LogP contribution in [0.25, 0.3) is 16.9 Å². The Bertz CT molecular complexity index is 703. The van der Waals surface area contributed by atoms with Gasteiger partial charge in [0.15, 0.2) is 5.65 Å². The number of imidazole rings is 1. The highest BCUT2D eigenvalue weighted by Crippen LogP contribution is 2.24. The van der Waals surface area contributed by atoms with Crippen molar-refractivity contribution < 1.29 is 4.74 Å². The molecule has 0 spiro atoms. The molecule has 1 aromatic carbocycles. The van der Waals surface area contributed by atoms with E-state index in [1.807, 2.05) is 53.2 Å². The molecule has 0 aliphatic carbocycles. The Morgan fingerprint density at radius 2 is 2.11 bits per heavy atom. The molecule has 0 aliphatic heterocycles. The van der Waals surface area contributed by atoms with Crippen molar-refractivity contribution in [3.05, 3.63) is 48.8 Å². The normalized spacial score (nSPS) is 10.7. The second kappa shape index (κ2) is 4.07. The maximum absolute atomic E-state index is 5.90. The molecule has 0 saturated heterocycles. The lowest BCUT2D eigenvalue weighted by molar-refractivity contribution is 0.415. The van der Waals surface area contributed by atoms with Crippen molar-refractivity contribution in [3.8, 4) is 17.0 Å². The fourth-order valence-electron chi connectivity index (χ4n) is 1.96. The zero-order valence-electron chi connectivity index (χ0n) is 10.00. The number of methoxy groups -OCH3 is 1. The number of fused-ring (bicyclic) bond motifs is 1. The Kier molecular flexibility index (Phi) is 2.41. The molecule has 4 nitrogen and oxygen atoms in total. The molecule has 0 saturated carbocycles. The third kappa shape index (κ3) is 1.68. The molecule has 0 radical (unpaired) electrons. The van der Waals surface area contributed by atoms with Crippen LogP contribution in [0.15, 0.2) is 48.8 Å². The third-order valence-corrected chi connectivity index (χ3v) is 2.88. The van der Waals surface area contributed by atoms with Crippen molar-refractivity contribution in [1.82, 2.24) is 9.38 Å². The molecule has 0 fully saturated rings. The number of aromatic nitrogens is 2. The average molecular weight is 239 g/mol. The number of benzene rings is 1. The summed E-state index contributed by atoms with van der Waals surface area (Å²) < 4.78 is 7.14. The highest BCUT2D eigenvalue weighted by molar-refractivity contribution is 5.71. The zero-order valence-corrected chi connectivity index (χ0v) is 10.00. The summed E-state index contributed by atoms with van der Waals surface area (Å²) in [6, 6.07) is 11.6. The van der Waals surface area contributed by atoms with Crippen LogP contribution in [-0.2, 0) is 0 Å². The summed E-state index contributed by atoms with van der Waals surface area (Å²) in [5.74, 6) is 0.817. The van der Waals surface area contributed by atoms with Gasteiger partial charge in [-0.1, -0.05) is 12.1 Å². The number of hydrogen-bond donors (Lipinski definition) is 1. The van der Waals surface area contributed by atoms with Gasteiger partial charge in [-0.15, -0.1) is 0 Å². The van der Waals surface area contributed by atoms with Crippen molar-refractivity contribution in [2.75, 3.05) is 12.8 Å². The van der Waals surface area contributed by atoms with Gasteiger partial charge in [-0.2, -0.15) is 0 Å². The predicted octanol–water partition coefficient (Wildman–Crippen LogP) is 2.59. The quantitative estimate of drug-likeness (QED) is 0.747. The van der Waals surface area contributed by atoms with E-state index in [-0.39, 0.29) is 0 Å². The Labute approximate surface area is 105 Å². The number of ether oxygens (including phenoxy) is 1. The van der Waals surface area contributed by atoms with E-state index in [1.54, 1.807) is 7.11 Å². The van der Waals surface area contributed by atoms with Crippen LogP contribution in [0.2, 0.25) is 0 Å². The number of nitrogens with zero attached hydrogens (tertiary/aromatic N) is 2. The van der Waals surface area contributed by atoms with Gasteiger partial charge in [0.05, 0.1) is 18.5 Å². The van der Waals surface area contributed by atoms with Crippen LogP contribution in [0, 0.1) is 0 Å². The smallest absolute Gasteiger partial charge is 0.160 e. The highest BCUT2D eigenvalue weighted by atomic mass is 16.5. The van der Waals surface area contributed by atoms with Crippen LogP contribution < -0.4 is 10.5 Å².